The summed E-state index contributed by atoms with van der Waals surface area (Å²) in [5.41, 5.74) is 1.81. The van der Waals surface area contributed by atoms with Crippen molar-refractivity contribution in [3.63, 3.8) is 0 Å². The molecule has 23 heavy (non-hydrogen) atoms. The summed E-state index contributed by atoms with van der Waals surface area (Å²) in [4.78, 5) is 20.9. The first-order chi connectivity index (χ1) is 10.8. The third kappa shape index (κ3) is 4.96. The normalized spacial score (nSPS) is 12.7. The second-order valence-corrected chi connectivity index (χ2v) is 7.85. The van der Waals surface area contributed by atoms with Crippen LogP contribution in [0.5, 0.6) is 0 Å². The Bertz CT molecular complexity index is 721. The van der Waals surface area contributed by atoms with E-state index < -0.39 is 10.8 Å². The highest BCUT2D eigenvalue weighted by Gasteiger charge is 2.17. The Kier molecular flexibility index (Phi) is 5.26. The first-order valence-electron chi connectivity index (χ1n) is 7.28. The number of aromatic nitrogens is 2. The fourth-order valence-corrected chi connectivity index (χ4v) is 2.67. The summed E-state index contributed by atoms with van der Waals surface area (Å²) in [6, 6.07) is 7.12. The van der Waals surface area contributed by atoms with E-state index in [1.54, 1.807) is 36.8 Å². The molecule has 0 fully saturated rings. The highest BCUT2D eigenvalue weighted by atomic mass is 32.2. The molecule has 5 nitrogen and oxygen atoms in total. The summed E-state index contributed by atoms with van der Waals surface area (Å²) in [5, 5.41) is 2.78. The Balaban J connectivity index is 2.11. The van der Waals surface area contributed by atoms with E-state index in [1.165, 1.54) is 0 Å². The molecule has 0 aliphatic carbocycles. The molecule has 1 atom stereocenters. The fourth-order valence-electron chi connectivity index (χ4n) is 2.02. The van der Waals surface area contributed by atoms with Gasteiger partial charge in [-0.25, -0.2) is 9.97 Å². The van der Waals surface area contributed by atoms with Crippen LogP contribution in [0.25, 0.3) is 0 Å². The Morgan fingerprint density at radius 3 is 2.43 bits per heavy atom. The van der Waals surface area contributed by atoms with E-state index in [0.29, 0.717) is 17.0 Å². The number of carbonyl (C=O) groups is 1. The van der Waals surface area contributed by atoms with E-state index in [9.17, 15) is 9.00 Å². The van der Waals surface area contributed by atoms with E-state index >= 15 is 0 Å². The number of hydrogen-bond donors (Lipinski definition) is 1. The number of nitrogens with zero attached hydrogens (tertiary/aromatic N) is 2. The van der Waals surface area contributed by atoms with Gasteiger partial charge in [0.25, 0.3) is 5.91 Å². The largest absolute Gasteiger partial charge is 0.319 e. The summed E-state index contributed by atoms with van der Waals surface area (Å²) in [6.07, 6.45) is 4.85. The topological polar surface area (TPSA) is 72.0 Å². The molecule has 0 aliphatic heterocycles. The number of anilines is 1. The van der Waals surface area contributed by atoms with E-state index in [1.807, 2.05) is 26.8 Å². The van der Waals surface area contributed by atoms with Crippen LogP contribution >= 0.6 is 0 Å². The average molecular weight is 331 g/mol. The van der Waals surface area contributed by atoms with Crippen LogP contribution in [-0.2, 0) is 22.0 Å². The molecule has 0 aliphatic rings. The number of carbonyl (C=O) groups excluding carboxylic acids is 1. The number of hydrogen-bond acceptors (Lipinski definition) is 4. The lowest BCUT2D eigenvalue weighted by molar-refractivity contribution is 0.102. The molecule has 2 rings (SSSR count). The van der Waals surface area contributed by atoms with Crippen molar-refractivity contribution < 1.29 is 9.00 Å². The van der Waals surface area contributed by atoms with Crippen molar-refractivity contribution in [2.24, 2.45) is 0 Å². The lowest BCUT2D eigenvalue weighted by atomic mass is 9.96. The minimum absolute atomic E-state index is 0.132. The summed E-state index contributed by atoms with van der Waals surface area (Å²) in [7, 11) is -0.939. The molecule has 2 aromatic rings. The van der Waals surface area contributed by atoms with Crippen molar-refractivity contribution in [3.05, 3.63) is 53.6 Å². The summed E-state index contributed by atoms with van der Waals surface area (Å²) in [6.45, 7) is 6.09. The lowest BCUT2D eigenvalue weighted by Crippen LogP contribution is -2.17. The van der Waals surface area contributed by atoms with E-state index in [4.69, 9.17) is 0 Å². The zero-order valence-electron chi connectivity index (χ0n) is 13.8. The maximum Gasteiger partial charge on any atom is 0.255 e. The molecule has 1 aromatic carbocycles. The number of benzene rings is 1. The molecule has 0 saturated carbocycles. The SMILES string of the molecule is CS(=O)Cc1cccc(C(=O)Nc2cnc(C(C)(C)C)nc2)c1. The molecule has 1 N–H and O–H groups in total. The molecule has 0 saturated heterocycles. The first kappa shape index (κ1) is 17.3. The van der Waals surface area contributed by atoms with Gasteiger partial charge in [-0.15, -0.1) is 0 Å². The third-order valence-corrected chi connectivity index (χ3v) is 3.88. The predicted molar refractivity (Wildman–Crippen MR) is 92.9 cm³/mol. The molecule has 1 amide bonds. The van der Waals surface area contributed by atoms with Gasteiger partial charge in [0.1, 0.15) is 5.82 Å². The minimum Gasteiger partial charge on any atom is -0.319 e. The van der Waals surface area contributed by atoms with Gasteiger partial charge in [-0.3, -0.25) is 9.00 Å². The molecule has 6 heteroatoms. The van der Waals surface area contributed by atoms with Crippen molar-refractivity contribution in [3.8, 4) is 0 Å². The highest BCUT2D eigenvalue weighted by molar-refractivity contribution is 7.83. The van der Waals surface area contributed by atoms with Crippen molar-refractivity contribution >= 4 is 22.4 Å². The molecule has 0 radical (unpaired) electrons. The van der Waals surface area contributed by atoms with Gasteiger partial charge in [-0.1, -0.05) is 32.9 Å². The highest BCUT2D eigenvalue weighted by Crippen LogP contribution is 2.18. The summed E-state index contributed by atoms with van der Waals surface area (Å²) in [5.74, 6) is 0.925. The quantitative estimate of drug-likeness (QED) is 0.935. The maximum absolute atomic E-state index is 12.3. The zero-order chi connectivity index (χ0) is 17.0. The van der Waals surface area contributed by atoms with Crippen LogP contribution in [0.1, 0.15) is 42.5 Å². The van der Waals surface area contributed by atoms with Crippen molar-refractivity contribution in [2.45, 2.75) is 31.9 Å². The predicted octanol–water partition coefficient (Wildman–Crippen LogP) is 2.90. The minimum atomic E-state index is -0.939. The molecular formula is C17H21N3O2S. The molecule has 122 valence electrons. The zero-order valence-corrected chi connectivity index (χ0v) is 14.6. The summed E-state index contributed by atoms with van der Waals surface area (Å²) >= 11 is 0. The van der Waals surface area contributed by atoms with Gasteiger partial charge in [0.2, 0.25) is 0 Å². The Morgan fingerprint density at radius 2 is 1.87 bits per heavy atom. The maximum atomic E-state index is 12.3. The second-order valence-electron chi connectivity index (χ2n) is 6.42. The van der Waals surface area contributed by atoms with Gasteiger partial charge in [0.05, 0.1) is 18.1 Å². The molecular weight excluding hydrogens is 310 g/mol. The van der Waals surface area contributed by atoms with Crippen LogP contribution in [0.3, 0.4) is 0 Å². The van der Waals surface area contributed by atoms with E-state index in [0.717, 1.165) is 11.4 Å². The molecule has 1 aromatic heterocycles. The van der Waals surface area contributed by atoms with Gasteiger partial charge >= 0.3 is 0 Å². The molecule has 1 unspecified atom stereocenters. The van der Waals surface area contributed by atoms with Gasteiger partial charge in [0.15, 0.2) is 0 Å². The first-order valence-corrected chi connectivity index (χ1v) is 9.01. The number of amides is 1. The second kappa shape index (κ2) is 7.00. The fraction of sp³-hybridized carbons (Fsp3) is 0.353. The lowest BCUT2D eigenvalue weighted by Gasteiger charge is -2.16. The average Bonchev–Trinajstić information content (AvgIpc) is 2.46. The van der Waals surface area contributed by atoms with Crippen LogP contribution in [0, 0.1) is 0 Å². The van der Waals surface area contributed by atoms with Gasteiger partial charge < -0.3 is 5.32 Å². The molecule has 1 heterocycles. The smallest absolute Gasteiger partial charge is 0.255 e. The Hall–Kier alpha value is -2.08. The van der Waals surface area contributed by atoms with Gasteiger partial charge in [0, 0.05) is 33.8 Å². The van der Waals surface area contributed by atoms with Crippen molar-refractivity contribution in [2.75, 3.05) is 11.6 Å². The van der Waals surface area contributed by atoms with Crippen LogP contribution in [0.2, 0.25) is 0 Å². The van der Waals surface area contributed by atoms with Crippen LogP contribution in [0.4, 0.5) is 5.69 Å². The standard InChI is InChI=1S/C17H21N3O2S/c1-17(2,3)16-18-9-14(10-19-16)20-15(21)13-7-5-6-12(8-13)11-23(4)22/h5-10H,11H2,1-4H3,(H,20,21). The third-order valence-electron chi connectivity index (χ3n) is 3.14. The summed E-state index contributed by atoms with van der Waals surface area (Å²) < 4.78 is 11.3. The number of rotatable bonds is 4. The van der Waals surface area contributed by atoms with Crippen LogP contribution in [0.15, 0.2) is 36.7 Å². The van der Waals surface area contributed by atoms with Gasteiger partial charge in [-0.2, -0.15) is 0 Å². The Morgan fingerprint density at radius 1 is 1.22 bits per heavy atom. The number of nitrogens with one attached hydrogen (secondary N) is 1. The van der Waals surface area contributed by atoms with Crippen LogP contribution < -0.4 is 5.32 Å². The van der Waals surface area contributed by atoms with E-state index in [2.05, 4.69) is 15.3 Å². The Labute approximate surface area is 139 Å². The van der Waals surface area contributed by atoms with Crippen LogP contribution in [-0.4, -0.2) is 26.3 Å². The molecule has 0 spiro atoms. The van der Waals surface area contributed by atoms with Crippen molar-refractivity contribution in [1.82, 2.24) is 9.97 Å². The van der Waals surface area contributed by atoms with Crippen molar-refractivity contribution in [1.29, 1.82) is 0 Å². The molecule has 0 bridgehead atoms. The van der Waals surface area contributed by atoms with E-state index in [-0.39, 0.29) is 11.3 Å². The monoisotopic (exact) mass is 331 g/mol. The van der Waals surface area contributed by atoms with Gasteiger partial charge in [-0.05, 0) is 17.7 Å².